The lowest BCUT2D eigenvalue weighted by Crippen LogP contribution is -2.22. The molecule has 1 heteroatoms. The second kappa shape index (κ2) is 4.80. The molecule has 1 saturated carbocycles. The molecule has 1 aromatic rings. The molecule has 1 atom stereocenters. The van der Waals surface area contributed by atoms with Crippen molar-refractivity contribution in [1.82, 2.24) is 5.32 Å². The van der Waals surface area contributed by atoms with Crippen LogP contribution in [0.1, 0.15) is 50.3 Å². The standard InChI is InChI=1S/C14H21N/c1-3-11-5-7-12(8-6-11)14(4-2)15-13-9-10-13/h5-8,13-15H,3-4,9-10H2,1-2H3/t14-/m0/s1. The highest BCUT2D eigenvalue weighted by Crippen LogP contribution is 2.26. The molecule has 0 saturated heterocycles. The van der Waals surface area contributed by atoms with Gasteiger partial charge in [-0.05, 0) is 36.8 Å². The number of nitrogens with one attached hydrogen (secondary N) is 1. The second-order valence-electron chi connectivity index (χ2n) is 4.50. The van der Waals surface area contributed by atoms with Crippen molar-refractivity contribution in [1.29, 1.82) is 0 Å². The van der Waals surface area contributed by atoms with Crippen LogP contribution >= 0.6 is 0 Å². The fourth-order valence-corrected chi connectivity index (χ4v) is 1.97. The highest BCUT2D eigenvalue weighted by Gasteiger charge is 2.24. The van der Waals surface area contributed by atoms with Crippen LogP contribution in [-0.2, 0) is 6.42 Å². The highest BCUT2D eigenvalue weighted by molar-refractivity contribution is 5.25. The summed E-state index contributed by atoms with van der Waals surface area (Å²) < 4.78 is 0. The van der Waals surface area contributed by atoms with Gasteiger partial charge in [0.1, 0.15) is 0 Å². The highest BCUT2D eigenvalue weighted by atomic mass is 15.0. The Balaban J connectivity index is 2.03. The van der Waals surface area contributed by atoms with Crippen molar-refractivity contribution in [3.05, 3.63) is 35.4 Å². The van der Waals surface area contributed by atoms with Crippen molar-refractivity contribution in [3.63, 3.8) is 0 Å². The summed E-state index contributed by atoms with van der Waals surface area (Å²) in [5.74, 6) is 0. The molecule has 0 unspecified atom stereocenters. The monoisotopic (exact) mass is 203 g/mol. The first kappa shape index (κ1) is 10.7. The van der Waals surface area contributed by atoms with Gasteiger partial charge in [0, 0.05) is 12.1 Å². The van der Waals surface area contributed by atoms with Gasteiger partial charge in [0.15, 0.2) is 0 Å². The number of benzene rings is 1. The van der Waals surface area contributed by atoms with Gasteiger partial charge in [-0.2, -0.15) is 0 Å². The van der Waals surface area contributed by atoms with E-state index in [1.807, 2.05) is 0 Å². The van der Waals surface area contributed by atoms with Crippen LogP contribution in [0, 0.1) is 0 Å². The molecule has 0 aliphatic heterocycles. The van der Waals surface area contributed by atoms with E-state index in [2.05, 4.69) is 43.4 Å². The Morgan fingerprint density at radius 1 is 1.20 bits per heavy atom. The number of rotatable bonds is 5. The molecule has 0 heterocycles. The average Bonchev–Trinajstić information content (AvgIpc) is 3.10. The molecule has 2 rings (SSSR count). The summed E-state index contributed by atoms with van der Waals surface area (Å²) in [6.07, 6.45) is 5.04. The molecule has 0 aromatic heterocycles. The Labute approximate surface area is 92.9 Å². The van der Waals surface area contributed by atoms with Gasteiger partial charge in [0.25, 0.3) is 0 Å². The second-order valence-corrected chi connectivity index (χ2v) is 4.50. The summed E-state index contributed by atoms with van der Waals surface area (Å²) in [6.45, 7) is 4.46. The first-order valence-electron chi connectivity index (χ1n) is 6.18. The maximum Gasteiger partial charge on any atom is 0.0320 e. The van der Waals surface area contributed by atoms with Crippen molar-refractivity contribution in [2.45, 2.75) is 51.6 Å². The largest absolute Gasteiger partial charge is 0.307 e. The van der Waals surface area contributed by atoms with E-state index in [-0.39, 0.29) is 0 Å². The van der Waals surface area contributed by atoms with E-state index in [1.54, 1.807) is 0 Å². The van der Waals surface area contributed by atoms with Gasteiger partial charge >= 0.3 is 0 Å². The molecular formula is C14H21N. The molecule has 1 fully saturated rings. The van der Waals surface area contributed by atoms with Crippen LogP contribution in [0.3, 0.4) is 0 Å². The molecule has 0 amide bonds. The van der Waals surface area contributed by atoms with Crippen LogP contribution in [0.4, 0.5) is 0 Å². The van der Waals surface area contributed by atoms with Crippen LogP contribution in [0.2, 0.25) is 0 Å². The van der Waals surface area contributed by atoms with Gasteiger partial charge in [0.2, 0.25) is 0 Å². The van der Waals surface area contributed by atoms with Gasteiger partial charge in [-0.1, -0.05) is 38.1 Å². The average molecular weight is 203 g/mol. The van der Waals surface area contributed by atoms with Crippen LogP contribution < -0.4 is 5.32 Å². The zero-order valence-electron chi connectivity index (χ0n) is 9.79. The van der Waals surface area contributed by atoms with Crippen molar-refractivity contribution in [2.75, 3.05) is 0 Å². The summed E-state index contributed by atoms with van der Waals surface area (Å²) in [6, 6.07) is 10.4. The number of hydrogen-bond donors (Lipinski definition) is 1. The zero-order valence-corrected chi connectivity index (χ0v) is 9.79. The molecule has 1 N–H and O–H groups in total. The number of hydrogen-bond acceptors (Lipinski definition) is 1. The molecular weight excluding hydrogens is 182 g/mol. The molecule has 0 bridgehead atoms. The third kappa shape index (κ3) is 2.82. The Bertz CT molecular complexity index is 298. The van der Waals surface area contributed by atoms with Crippen molar-refractivity contribution < 1.29 is 0 Å². The topological polar surface area (TPSA) is 12.0 Å². The van der Waals surface area contributed by atoms with Crippen LogP contribution in [0.15, 0.2) is 24.3 Å². The normalized spacial score (nSPS) is 17.7. The molecule has 0 radical (unpaired) electrons. The summed E-state index contributed by atoms with van der Waals surface area (Å²) >= 11 is 0. The summed E-state index contributed by atoms with van der Waals surface area (Å²) in [5, 5.41) is 3.69. The quantitative estimate of drug-likeness (QED) is 0.773. The van der Waals surface area contributed by atoms with E-state index < -0.39 is 0 Å². The van der Waals surface area contributed by atoms with E-state index in [0.717, 1.165) is 12.5 Å². The lowest BCUT2D eigenvalue weighted by Gasteiger charge is -2.17. The smallest absolute Gasteiger partial charge is 0.0320 e. The van der Waals surface area contributed by atoms with Gasteiger partial charge in [-0.25, -0.2) is 0 Å². The first-order valence-corrected chi connectivity index (χ1v) is 6.18. The van der Waals surface area contributed by atoms with E-state index in [4.69, 9.17) is 0 Å². The van der Waals surface area contributed by atoms with Crippen molar-refractivity contribution in [2.24, 2.45) is 0 Å². The molecule has 1 aliphatic rings. The van der Waals surface area contributed by atoms with Gasteiger partial charge in [-0.3, -0.25) is 0 Å². The lowest BCUT2D eigenvalue weighted by molar-refractivity contribution is 0.516. The Hall–Kier alpha value is -0.820. The lowest BCUT2D eigenvalue weighted by atomic mass is 10.0. The molecule has 1 nitrogen and oxygen atoms in total. The summed E-state index contributed by atoms with van der Waals surface area (Å²) in [4.78, 5) is 0. The maximum atomic E-state index is 3.69. The third-order valence-electron chi connectivity index (χ3n) is 3.21. The minimum atomic E-state index is 0.559. The van der Waals surface area contributed by atoms with E-state index in [9.17, 15) is 0 Å². The van der Waals surface area contributed by atoms with Crippen molar-refractivity contribution >= 4 is 0 Å². The molecule has 82 valence electrons. The third-order valence-corrected chi connectivity index (χ3v) is 3.21. The maximum absolute atomic E-state index is 3.69. The molecule has 1 aromatic carbocycles. The van der Waals surface area contributed by atoms with Crippen LogP contribution in [0.5, 0.6) is 0 Å². The predicted molar refractivity (Wildman–Crippen MR) is 65.0 cm³/mol. The fourth-order valence-electron chi connectivity index (χ4n) is 1.97. The van der Waals surface area contributed by atoms with E-state index in [1.165, 1.54) is 30.4 Å². The van der Waals surface area contributed by atoms with Gasteiger partial charge in [-0.15, -0.1) is 0 Å². The predicted octanol–water partition coefficient (Wildman–Crippen LogP) is 3.45. The summed E-state index contributed by atoms with van der Waals surface area (Å²) in [5.41, 5.74) is 2.88. The zero-order chi connectivity index (χ0) is 10.7. The Morgan fingerprint density at radius 2 is 1.87 bits per heavy atom. The van der Waals surface area contributed by atoms with Gasteiger partial charge < -0.3 is 5.32 Å². The minimum absolute atomic E-state index is 0.559. The first-order chi connectivity index (χ1) is 7.33. The molecule has 1 aliphatic carbocycles. The SMILES string of the molecule is CCc1ccc([C@H](CC)NC2CC2)cc1. The van der Waals surface area contributed by atoms with Gasteiger partial charge in [0.05, 0.1) is 0 Å². The Kier molecular flexibility index (Phi) is 3.42. The summed E-state index contributed by atoms with van der Waals surface area (Å²) in [7, 11) is 0. The number of aryl methyl sites for hydroxylation is 1. The van der Waals surface area contributed by atoms with Crippen LogP contribution in [0.25, 0.3) is 0 Å². The van der Waals surface area contributed by atoms with E-state index in [0.29, 0.717) is 6.04 Å². The molecule has 0 spiro atoms. The minimum Gasteiger partial charge on any atom is -0.307 e. The molecule has 15 heavy (non-hydrogen) atoms. The fraction of sp³-hybridized carbons (Fsp3) is 0.571. The van der Waals surface area contributed by atoms with E-state index >= 15 is 0 Å². The van der Waals surface area contributed by atoms with Crippen molar-refractivity contribution in [3.8, 4) is 0 Å². The Morgan fingerprint density at radius 3 is 2.33 bits per heavy atom. The van der Waals surface area contributed by atoms with Crippen LogP contribution in [-0.4, -0.2) is 6.04 Å².